The van der Waals surface area contributed by atoms with Crippen LogP contribution in [0.1, 0.15) is 70.7 Å². The van der Waals surface area contributed by atoms with Gasteiger partial charge in [0.1, 0.15) is 5.01 Å². The molecule has 1 aromatic heterocycles. The molecule has 28 heavy (non-hydrogen) atoms. The lowest BCUT2D eigenvalue weighted by atomic mass is 10.2. The van der Waals surface area contributed by atoms with E-state index in [0.717, 1.165) is 43.5 Å². The number of allylic oxidation sites excluding steroid dienone is 1. The number of unbranched alkanes of at least 4 members (excludes halogenated alkanes) is 3. The number of ether oxygens (including phenoxy) is 1. The predicted octanol–water partition coefficient (Wildman–Crippen LogP) is 4.54. The molecule has 1 unspecified atom stereocenters. The topological polar surface area (TPSA) is 75.6 Å². The van der Waals surface area contributed by atoms with Gasteiger partial charge in [-0.05, 0) is 19.8 Å². The molecule has 2 rings (SSSR count). The fourth-order valence-electron chi connectivity index (χ4n) is 3.03. The molecule has 8 heteroatoms. The second kappa shape index (κ2) is 11.8. The van der Waals surface area contributed by atoms with Gasteiger partial charge in [0, 0.05) is 25.9 Å². The summed E-state index contributed by atoms with van der Waals surface area (Å²) in [6.07, 6.45) is 9.84. The highest BCUT2D eigenvalue weighted by Gasteiger charge is 2.38. The maximum absolute atomic E-state index is 13.1. The zero-order valence-electron chi connectivity index (χ0n) is 17.2. The van der Waals surface area contributed by atoms with Gasteiger partial charge in [0.05, 0.1) is 6.42 Å². The molecule has 1 saturated heterocycles. The van der Waals surface area contributed by atoms with Crippen molar-refractivity contribution in [3.8, 4) is 0 Å². The third-order valence-corrected chi connectivity index (χ3v) is 5.62. The molecule has 1 aromatic rings. The van der Waals surface area contributed by atoms with Crippen LogP contribution in [0.25, 0.3) is 0 Å². The minimum atomic E-state index is -0.625. The lowest BCUT2D eigenvalue weighted by molar-refractivity contribution is -0.148. The number of carbonyl (C=O) groups excluding carboxylic acids is 2. The highest BCUT2D eigenvalue weighted by molar-refractivity contribution is 7.15. The van der Waals surface area contributed by atoms with Gasteiger partial charge in [0.15, 0.2) is 6.23 Å². The number of nitrogens with zero attached hydrogens (tertiary/aromatic N) is 4. The summed E-state index contributed by atoms with van der Waals surface area (Å²) < 4.78 is 5.62. The normalized spacial score (nSPS) is 17.5. The van der Waals surface area contributed by atoms with Gasteiger partial charge >= 0.3 is 12.0 Å². The van der Waals surface area contributed by atoms with Crippen molar-refractivity contribution in [1.82, 2.24) is 15.1 Å². The van der Waals surface area contributed by atoms with Gasteiger partial charge < -0.3 is 9.64 Å². The third kappa shape index (κ3) is 6.29. The Balaban J connectivity index is 2.15. The highest BCUT2D eigenvalue weighted by Crippen LogP contribution is 2.29. The maximum atomic E-state index is 13.1. The Morgan fingerprint density at radius 3 is 2.75 bits per heavy atom. The fourth-order valence-corrected chi connectivity index (χ4v) is 3.94. The molecule has 1 aliphatic heterocycles. The molecule has 0 bridgehead atoms. The van der Waals surface area contributed by atoms with Gasteiger partial charge in [-0.3, -0.25) is 4.79 Å². The van der Waals surface area contributed by atoms with Crippen molar-refractivity contribution >= 4 is 28.5 Å². The van der Waals surface area contributed by atoms with E-state index in [0.29, 0.717) is 24.6 Å². The predicted molar refractivity (Wildman–Crippen MR) is 111 cm³/mol. The van der Waals surface area contributed by atoms with Crippen LogP contribution in [-0.2, 0) is 16.0 Å². The molecule has 0 aromatic carbocycles. The molecule has 0 spiro atoms. The molecule has 0 radical (unpaired) electrons. The second-order valence-electron chi connectivity index (χ2n) is 6.94. The smallest absolute Gasteiger partial charge is 0.329 e. The number of amides is 2. The molecule has 1 aliphatic rings. The Labute approximate surface area is 171 Å². The molecule has 0 saturated carbocycles. The van der Waals surface area contributed by atoms with Crippen LogP contribution in [0, 0.1) is 0 Å². The third-order valence-electron chi connectivity index (χ3n) is 4.64. The molecule has 0 aliphatic carbocycles. The summed E-state index contributed by atoms with van der Waals surface area (Å²) in [5.74, 6) is -0.337. The summed E-state index contributed by atoms with van der Waals surface area (Å²) in [5, 5.41) is 9.89. The van der Waals surface area contributed by atoms with Crippen LogP contribution in [0.5, 0.6) is 0 Å². The van der Waals surface area contributed by atoms with Gasteiger partial charge in [0.2, 0.25) is 5.13 Å². The number of hydrogen-bond acceptors (Lipinski definition) is 6. The number of esters is 1. The Hall–Kier alpha value is -1.96. The molecule has 0 N–H and O–H groups in total. The van der Waals surface area contributed by atoms with E-state index in [4.69, 9.17) is 4.74 Å². The van der Waals surface area contributed by atoms with Crippen LogP contribution in [0.15, 0.2) is 12.2 Å². The summed E-state index contributed by atoms with van der Waals surface area (Å²) >= 11 is 1.41. The number of rotatable bonds is 11. The first-order chi connectivity index (χ1) is 13.6. The van der Waals surface area contributed by atoms with E-state index in [1.54, 1.807) is 6.08 Å². The average molecular weight is 409 g/mol. The molecule has 2 amide bonds. The number of anilines is 1. The number of hydrogen-bond donors (Lipinski definition) is 0. The van der Waals surface area contributed by atoms with Crippen LogP contribution in [0.2, 0.25) is 0 Å². The SMILES string of the molecule is C/C=C/CC(=O)OC1CCN(CCCCC)C(=O)N1c1nnc(CCCC)s1. The largest absolute Gasteiger partial charge is 0.441 e. The molecule has 1 atom stereocenters. The molecule has 7 nitrogen and oxygen atoms in total. The minimum Gasteiger partial charge on any atom is -0.441 e. The van der Waals surface area contributed by atoms with Crippen LogP contribution < -0.4 is 4.90 Å². The van der Waals surface area contributed by atoms with Crippen molar-refractivity contribution in [3.05, 3.63) is 17.2 Å². The maximum Gasteiger partial charge on any atom is 0.329 e. The van der Waals surface area contributed by atoms with Crippen LogP contribution in [-0.4, -0.2) is 46.4 Å². The lowest BCUT2D eigenvalue weighted by Gasteiger charge is -2.39. The van der Waals surface area contributed by atoms with Crippen LogP contribution >= 0.6 is 11.3 Å². The van der Waals surface area contributed by atoms with Crippen molar-refractivity contribution in [2.45, 2.75) is 78.4 Å². The van der Waals surface area contributed by atoms with Gasteiger partial charge in [-0.25, -0.2) is 9.69 Å². The summed E-state index contributed by atoms with van der Waals surface area (Å²) in [7, 11) is 0. The molecular formula is C20H32N4O3S. The second-order valence-corrected chi connectivity index (χ2v) is 7.98. The van der Waals surface area contributed by atoms with E-state index in [2.05, 4.69) is 24.0 Å². The van der Waals surface area contributed by atoms with E-state index in [9.17, 15) is 9.59 Å². The molecule has 2 heterocycles. The standard InChI is InChI=1S/C20H32N4O3S/c1-4-7-10-14-23-15-13-17(27-18(25)12-9-6-3)24(20(23)26)19-22-21-16(28-19)11-8-5-2/h6,9,17H,4-5,7-8,10-15H2,1-3H3/b9-6+. The average Bonchev–Trinajstić information content (AvgIpc) is 3.15. The van der Waals surface area contributed by atoms with Crippen molar-refractivity contribution in [2.75, 3.05) is 18.0 Å². The first-order valence-electron chi connectivity index (χ1n) is 10.3. The quantitative estimate of drug-likeness (QED) is 0.305. The summed E-state index contributed by atoms with van der Waals surface area (Å²) in [4.78, 5) is 28.6. The first-order valence-corrected chi connectivity index (χ1v) is 11.1. The number of carbonyl (C=O) groups is 2. The summed E-state index contributed by atoms with van der Waals surface area (Å²) in [6, 6.07) is -0.149. The van der Waals surface area contributed by atoms with Crippen molar-refractivity contribution in [3.63, 3.8) is 0 Å². The summed E-state index contributed by atoms with van der Waals surface area (Å²) in [6.45, 7) is 7.43. The Morgan fingerprint density at radius 2 is 2.04 bits per heavy atom. The Morgan fingerprint density at radius 1 is 1.25 bits per heavy atom. The molecular weight excluding hydrogens is 376 g/mol. The Bertz CT molecular complexity index is 662. The van der Waals surface area contributed by atoms with Gasteiger partial charge in [-0.1, -0.05) is 56.6 Å². The highest BCUT2D eigenvalue weighted by atomic mass is 32.1. The zero-order chi connectivity index (χ0) is 20.4. The van der Waals surface area contributed by atoms with E-state index >= 15 is 0 Å². The monoisotopic (exact) mass is 408 g/mol. The van der Waals surface area contributed by atoms with Crippen molar-refractivity contribution in [1.29, 1.82) is 0 Å². The zero-order valence-corrected chi connectivity index (χ0v) is 18.0. The van der Waals surface area contributed by atoms with E-state index in [-0.39, 0.29) is 18.4 Å². The lowest BCUT2D eigenvalue weighted by Crippen LogP contribution is -2.56. The van der Waals surface area contributed by atoms with Crippen molar-refractivity contribution in [2.24, 2.45) is 0 Å². The molecule has 1 fully saturated rings. The van der Waals surface area contributed by atoms with Crippen LogP contribution in [0.3, 0.4) is 0 Å². The summed E-state index contributed by atoms with van der Waals surface area (Å²) in [5.41, 5.74) is 0. The number of urea groups is 1. The van der Waals surface area contributed by atoms with Gasteiger partial charge in [0.25, 0.3) is 0 Å². The van der Waals surface area contributed by atoms with Gasteiger partial charge in [-0.2, -0.15) is 0 Å². The van der Waals surface area contributed by atoms with Gasteiger partial charge in [-0.15, -0.1) is 10.2 Å². The number of aromatic nitrogens is 2. The van der Waals surface area contributed by atoms with E-state index in [1.807, 2.05) is 17.9 Å². The number of aryl methyl sites for hydroxylation is 1. The molecule has 156 valence electrons. The minimum absolute atomic E-state index is 0.149. The van der Waals surface area contributed by atoms with E-state index < -0.39 is 6.23 Å². The van der Waals surface area contributed by atoms with Crippen LogP contribution in [0.4, 0.5) is 9.93 Å². The fraction of sp³-hybridized carbons (Fsp3) is 0.700. The van der Waals surface area contributed by atoms with E-state index in [1.165, 1.54) is 16.2 Å². The first kappa shape index (κ1) is 22.3. The Kier molecular flexibility index (Phi) is 9.40. The van der Waals surface area contributed by atoms with Crippen molar-refractivity contribution < 1.29 is 14.3 Å².